The van der Waals surface area contributed by atoms with Crippen LogP contribution in [0.4, 0.5) is 0 Å². The summed E-state index contributed by atoms with van der Waals surface area (Å²) in [5.74, 6) is 0. The van der Waals surface area contributed by atoms with Gasteiger partial charge in [0.05, 0.1) is 0 Å². The Morgan fingerprint density at radius 3 is 2.42 bits per heavy atom. The standard InChI is InChI=1S/C4H10NO5P.Na/c6-4-5(7)2-1-3-11(8,9)10;/h4,7H,1-3H2,(H2,8,9,10);/q;+1/p-1. The third-order valence-electron chi connectivity index (χ3n) is 0.950. The van der Waals surface area contributed by atoms with E-state index in [9.17, 15) is 14.3 Å². The number of hydroxylamine groups is 2. The molecule has 0 heterocycles. The summed E-state index contributed by atoms with van der Waals surface area (Å²) in [6.07, 6.45) is -0.252. The zero-order chi connectivity index (χ0) is 8.91. The Morgan fingerprint density at radius 1 is 1.58 bits per heavy atom. The normalized spacial score (nSPS) is 14.2. The Hall–Kier alpha value is 0.580. The zero-order valence-electron chi connectivity index (χ0n) is 6.71. The van der Waals surface area contributed by atoms with E-state index in [0.29, 0.717) is 5.06 Å². The van der Waals surface area contributed by atoms with Crippen LogP contribution >= 0.6 is 7.60 Å². The summed E-state index contributed by atoms with van der Waals surface area (Å²) in [6.45, 7) is -0.101. The Kier molecular flexibility index (Phi) is 8.83. The number of amides is 1. The summed E-state index contributed by atoms with van der Waals surface area (Å²) in [5.41, 5.74) is 0. The van der Waals surface area contributed by atoms with Crippen LogP contribution in [0.2, 0.25) is 0 Å². The van der Waals surface area contributed by atoms with Crippen LogP contribution in [0.1, 0.15) is 6.42 Å². The molecule has 12 heavy (non-hydrogen) atoms. The molecular weight excluding hydrogens is 196 g/mol. The quantitative estimate of drug-likeness (QED) is 0.156. The van der Waals surface area contributed by atoms with E-state index >= 15 is 0 Å². The largest absolute Gasteiger partial charge is 1.00 e. The van der Waals surface area contributed by atoms with E-state index in [0.717, 1.165) is 0 Å². The molecule has 0 rings (SSSR count). The van der Waals surface area contributed by atoms with Gasteiger partial charge in [-0.15, -0.1) is 0 Å². The van der Waals surface area contributed by atoms with E-state index in [2.05, 4.69) is 0 Å². The molecule has 0 aliphatic heterocycles. The predicted molar refractivity (Wildman–Crippen MR) is 33.9 cm³/mol. The number of rotatable bonds is 5. The van der Waals surface area contributed by atoms with Gasteiger partial charge in [-0.2, -0.15) is 0 Å². The van der Waals surface area contributed by atoms with Gasteiger partial charge in [0.15, 0.2) is 0 Å². The molecular formula is C4H9NNaO5P. The topological polar surface area (TPSA) is 101 Å². The summed E-state index contributed by atoms with van der Waals surface area (Å²) < 4.78 is 10.1. The Balaban J connectivity index is 0. The molecule has 1 atom stereocenters. The second kappa shape index (κ2) is 7.03. The van der Waals surface area contributed by atoms with Crippen molar-refractivity contribution >= 4 is 14.0 Å². The summed E-state index contributed by atoms with van der Waals surface area (Å²) in [6, 6.07) is 0. The van der Waals surface area contributed by atoms with Crippen molar-refractivity contribution < 1.29 is 53.9 Å². The molecule has 66 valence electrons. The van der Waals surface area contributed by atoms with Crippen LogP contribution in [0.5, 0.6) is 0 Å². The molecule has 0 bridgehead atoms. The van der Waals surface area contributed by atoms with Crippen LogP contribution in [0.15, 0.2) is 0 Å². The second-order valence-corrected chi connectivity index (χ2v) is 3.71. The first-order valence-corrected chi connectivity index (χ1v) is 4.65. The Morgan fingerprint density at radius 2 is 2.08 bits per heavy atom. The molecule has 0 spiro atoms. The van der Waals surface area contributed by atoms with Gasteiger partial charge in [0, 0.05) is 12.7 Å². The van der Waals surface area contributed by atoms with E-state index in [1.807, 2.05) is 0 Å². The molecule has 0 saturated heterocycles. The van der Waals surface area contributed by atoms with Crippen LogP contribution in [0.25, 0.3) is 0 Å². The molecule has 0 saturated carbocycles. The van der Waals surface area contributed by atoms with Crippen LogP contribution in [-0.4, -0.2) is 34.3 Å². The molecule has 1 unspecified atom stereocenters. The summed E-state index contributed by atoms with van der Waals surface area (Å²) in [7, 11) is -4.24. The van der Waals surface area contributed by atoms with Crippen LogP contribution in [0, 0.1) is 0 Å². The van der Waals surface area contributed by atoms with Gasteiger partial charge in [-0.3, -0.25) is 10.0 Å². The maximum atomic E-state index is 10.1. The minimum Gasteiger partial charge on any atom is -0.779 e. The molecule has 0 fully saturated rings. The summed E-state index contributed by atoms with van der Waals surface area (Å²) in [4.78, 5) is 28.0. The van der Waals surface area contributed by atoms with Crippen LogP contribution in [0.3, 0.4) is 0 Å². The maximum absolute atomic E-state index is 10.1. The SMILES string of the molecule is O=CN(O)CCCP(=O)([O-])O.[Na+]. The molecule has 2 N–H and O–H groups in total. The molecule has 0 aromatic carbocycles. The van der Waals surface area contributed by atoms with Crippen molar-refractivity contribution in [3.05, 3.63) is 0 Å². The minimum absolute atomic E-state index is 0. The third-order valence-corrected chi connectivity index (χ3v) is 1.83. The predicted octanol–water partition coefficient (Wildman–Crippen LogP) is -4.23. The van der Waals surface area contributed by atoms with Crippen molar-refractivity contribution in [1.82, 2.24) is 5.06 Å². The smallest absolute Gasteiger partial charge is 0.779 e. The molecule has 0 aliphatic carbocycles. The summed E-state index contributed by atoms with van der Waals surface area (Å²) in [5, 5.41) is 8.76. The van der Waals surface area contributed by atoms with Crippen LogP contribution < -0.4 is 34.5 Å². The first-order chi connectivity index (χ1) is 4.95. The number of carbonyl (C=O) groups is 1. The van der Waals surface area contributed by atoms with E-state index in [4.69, 9.17) is 10.1 Å². The average Bonchev–Trinajstić information content (AvgIpc) is 1.85. The Labute approximate surface area is 92.0 Å². The van der Waals surface area contributed by atoms with Gasteiger partial charge in [-0.1, -0.05) is 0 Å². The van der Waals surface area contributed by atoms with Gasteiger partial charge in [0.25, 0.3) is 0 Å². The minimum atomic E-state index is -4.24. The van der Waals surface area contributed by atoms with E-state index < -0.39 is 13.8 Å². The first-order valence-electron chi connectivity index (χ1n) is 2.89. The van der Waals surface area contributed by atoms with Crippen molar-refractivity contribution in [2.75, 3.05) is 12.7 Å². The fourth-order valence-corrected chi connectivity index (χ4v) is 1.03. The number of hydrogen-bond donors (Lipinski definition) is 2. The van der Waals surface area contributed by atoms with E-state index in [1.54, 1.807) is 0 Å². The molecule has 6 nitrogen and oxygen atoms in total. The number of hydrogen-bond acceptors (Lipinski definition) is 4. The fourth-order valence-electron chi connectivity index (χ4n) is 0.485. The summed E-state index contributed by atoms with van der Waals surface area (Å²) >= 11 is 0. The average molecular weight is 205 g/mol. The van der Waals surface area contributed by atoms with Gasteiger partial charge >= 0.3 is 29.6 Å². The van der Waals surface area contributed by atoms with E-state index in [1.165, 1.54) is 0 Å². The maximum Gasteiger partial charge on any atom is 1.00 e. The molecule has 1 amide bonds. The zero-order valence-corrected chi connectivity index (χ0v) is 9.61. The van der Waals surface area contributed by atoms with Gasteiger partial charge in [0.1, 0.15) is 7.60 Å². The fraction of sp³-hybridized carbons (Fsp3) is 0.750. The van der Waals surface area contributed by atoms with E-state index in [-0.39, 0.29) is 48.9 Å². The third kappa shape index (κ3) is 10.6. The van der Waals surface area contributed by atoms with Crippen molar-refractivity contribution in [3.63, 3.8) is 0 Å². The van der Waals surface area contributed by atoms with Crippen molar-refractivity contribution in [1.29, 1.82) is 0 Å². The Bertz CT molecular complexity index is 171. The van der Waals surface area contributed by atoms with Gasteiger partial charge < -0.3 is 14.4 Å². The van der Waals surface area contributed by atoms with Gasteiger partial charge in [-0.25, -0.2) is 5.06 Å². The molecule has 0 aromatic heterocycles. The molecule has 0 radical (unpaired) electrons. The number of carbonyl (C=O) groups excluding carboxylic acids is 1. The van der Waals surface area contributed by atoms with Gasteiger partial charge in [0.2, 0.25) is 6.41 Å². The van der Waals surface area contributed by atoms with Gasteiger partial charge in [-0.05, 0) is 6.42 Å². The monoisotopic (exact) mass is 205 g/mol. The van der Waals surface area contributed by atoms with Crippen molar-refractivity contribution in [2.24, 2.45) is 0 Å². The molecule has 8 heteroatoms. The first kappa shape index (κ1) is 15.1. The second-order valence-electron chi connectivity index (χ2n) is 1.98. The van der Waals surface area contributed by atoms with Crippen LogP contribution in [-0.2, 0) is 9.36 Å². The van der Waals surface area contributed by atoms with Crippen molar-refractivity contribution in [2.45, 2.75) is 6.42 Å². The molecule has 0 aromatic rings. The number of nitrogens with zero attached hydrogens (tertiary/aromatic N) is 1. The van der Waals surface area contributed by atoms with Crippen molar-refractivity contribution in [3.8, 4) is 0 Å². The molecule has 0 aliphatic rings.